The fourth-order valence-electron chi connectivity index (χ4n) is 3.06. The van der Waals surface area contributed by atoms with E-state index < -0.39 is 0 Å². The van der Waals surface area contributed by atoms with Crippen LogP contribution in [0, 0.1) is 0 Å². The van der Waals surface area contributed by atoms with Crippen molar-refractivity contribution in [2.45, 2.75) is 18.9 Å². The van der Waals surface area contributed by atoms with Crippen molar-refractivity contribution in [1.29, 1.82) is 0 Å². The molecule has 3 aromatic rings. The molecule has 1 aliphatic rings. The SMILES string of the molecule is O=C(Nc1cnc2ccccc2c1)c1ccn(C2CCCNC2)n1. The number of carbonyl (C=O) groups is 1. The Morgan fingerprint density at radius 1 is 1.29 bits per heavy atom. The van der Waals surface area contributed by atoms with Crippen molar-refractivity contribution in [3.8, 4) is 0 Å². The van der Waals surface area contributed by atoms with Crippen LogP contribution in [0.5, 0.6) is 0 Å². The molecule has 1 aliphatic heterocycles. The van der Waals surface area contributed by atoms with Gasteiger partial charge in [-0.15, -0.1) is 0 Å². The average Bonchev–Trinajstić information content (AvgIpc) is 3.13. The van der Waals surface area contributed by atoms with Crippen LogP contribution in [0.2, 0.25) is 0 Å². The molecule has 0 spiro atoms. The van der Waals surface area contributed by atoms with E-state index in [1.165, 1.54) is 0 Å². The van der Waals surface area contributed by atoms with E-state index in [-0.39, 0.29) is 5.91 Å². The maximum atomic E-state index is 12.4. The maximum Gasteiger partial charge on any atom is 0.276 e. The van der Waals surface area contributed by atoms with Crippen molar-refractivity contribution in [1.82, 2.24) is 20.1 Å². The normalized spacial score (nSPS) is 17.8. The van der Waals surface area contributed by atoms with Gasteiger partial charge in [-0.25, -0.2) is 0 Å². The summed E-state index contributed by atoms with van der Waals surface area (Å²) in [7, 11) is 0. The van der Waals surface area contributed by atoms with E-state index in [1.807, 2.05) is 41.2 Å². The van der Waals surface area contributed by atoms with Crippen LogP contribution in [0.15, 0.2) is 48.8 Å². The molecule has 1 fully saturated rings. The van der Waals surface area contributed by atoms with Crippen LogP contribution < -0.4 is 10.6 Å². The van der Waals surface area contributed by atoms with Crippen molar-refractivity contribution < 1.29 is 4.79 Å². The molecule has 6 nitrogen and oxygen atoms in total. The summed E-state index contributed by atoms with van der Waals surface area (Å²) in [5, 5.41) is 11.7. The van der Waals surface area contributed by atoms with Crippen molar-refractivity contribution in [3.05, 3.63) is 54.5 Å². The Bertz CT molecular complexity index is 866. The summed E-state index contributed by atoms with van der Waals surface area (Å²) in [5.74, 6) is -0.213. The van der Waals surface area contributed by atoms with Gasteiger partial charge in [-0.1, -0.05) is 18.2 Å². The van der Waals surface area contributed by atoms with Gasteiger partial charge >= 0.3 is 0 Å². The van der Waals surface area contributed by atoms with Crippen LogP contribution >= 0.6 is 0 Å². The first-order valence-corrected chi connectivity index (χ1v) is 8.21. The number of hydrogen-bond acceptors (Lipinski definition) is 4. The molecule has 2 aromatic heterocycles. The fraction of sp³-hybridized carbons (Fsp3) is 0.278. The Morgan fingerprint density at radius 2 is 2.21 bits per heavy atom. The molecule has 1 amide bonds. The highest BCUT2D eigenvalue weighted by atomic mass is 16.1. The summed E-state index contributed by atoms with van der Waals surface area (Å²) in [5.41, 5.74) is 2.01. The van der Waals surface area contributed by atoms with E-state index in [2.05, 4.69) is 20.7 Å². The Balaban J connectivity index is 1.49. The minimum Gasteiger partial charge on any atom is -0.319 e. The third-order valence-corrected chi connectivity index (χ3v) is 4.33. The molecule has 1 aromatic carbocycles. The maximum absolute atomic E-state index is 12.4. The van der Waals surface area contributed by atoms with Gasteiger partial charge < -0.3 is 10.6 Å². The van der Waals surface area contributed by atoms with E-state index in [0.717, 1.165) is 36.8 Å². The van der Waals surface area contributed by atoms with E-state index in [9.17, 15) is 4.79 Å². The van der Waals surface area contributed by atoms with Gasteiger partial charge in [0.15, 0.2) is 5.69 Å². The standard InChI is InChI=1S/C18H19N5O/c24-18(17-7-9-23(22-17)15-5-3-8-19-12-15)21-14-10-13-4-1-2-6-16(13)20-11-14/h1-2,4,6-7,9-11,15,19H,3,5,8,12H2,(H,21,24). The van der Waals surface area contributed by atoms with Gasteiger partial charge in [0.1, 0.15) is 0 Å². The van der Waals surface area contributed by atoms with Gasteiger partial charge in [-0.2, -0.15) is 5.10 Å². The topological polar surface area (TPSA) is 71.8 Å². The molecule has 1 unspecified atom stereocenters. The molecule has 2 N–H and O–H groups in total. The van der Waals surface area contributed by atoms with E-state index in [0.29, 0.717) is 17.4 Å². The summed E-state index contributed by atoms with van der Waals surface area (Å²) in [4.78, 5) is 16.8. The number of para-hydroxylation sites is 1. The number of anilines is 1. The number of nitrogens with zero attached hydrogens (tertiary/aromatic N) is 3. The van der Waals surface area contributed by atoms with Crippen molar-refractivity contribution in [3.63, 3.8) is 0 Å². The largest absolute Gasteiger partial charge is 0.319 e. The molecule has 0 aliphatic carbocycles. The minimum atomic E-state index is -0.213. The van der Waals surface area contributed by atoms with Gasteiger partial charge in [-0.05, 0) is 37.6 Å². The number of benzene rings is 1. The first kappa shape index (κ1) is 14.8. The molecule has 6 heteroatoms. The smallest absolute Gasteiger partial charge is 0.276 e. The van der Waals surface area contributed by atoms with E-state index in [4.69, 9.17) is 0 Å². The molecule has 1 atom stereocenters. The summed E-state index contributed by atoms with van der Waals surface area (Å²) in [6.45, 7) is 1.96. The molecule has 0 bridgehead atoms. The van der Waals surface area contributed by atoms with Crippen LogP contribution in [0.25, 0.3) is 10.9 Å². The zero-order valence-electron chi connectivity index (χ0n) is 13.3. The molecule has 3 heterocycles. The number of rotatable bonds is 3. The lowest BCUT2D eigenvalue weighted by atomic mass is 10.1. The second-order valence-electron chi connectivity index (χ2n) is 6.05. The molecular formula is C18H19N5O. The Morgan fingerprint density at radius 3 is 3.08 bits per heavy atom. The molecule has 0 radical (unpaired) electrons. The fourth-order valence-corrected chi connectivity index (χ4v) is 3.06. The molecule has 4 rings (SSSR count). The lowest BCUT2D eigenvalue weighted by Gasteiger charge is -2.22. The summed E-state index contributed by atoms with van der Waals surface area (Å²) < 4.78 is 1.89. The Hall–Kier alpha value is -2.73. The number of aromatic nitrogens is 3. The lowest BCUT2D eigenvalue weighted by Crippen LogP contribution is -2.32. The number of nitrogens with one attached hydrogen (secondary N) is 2. The van der Waals surface area contributed by atoms with Crippen molar-refractivity contribution in [2.24, 2.45) is 0 Å². The van der Waals surface area contributed by atoms with Crippen molar-refractivity contribution >= 4 is 22.5 Å². The highest BCUT2D eigenvalue weighted by Gasteiger charge is 2.17. The molecule has 122 valence electrons. The van der Waals surface area contributed by atoms with E-state index >= 15 is 0 Å². The highest BCUT2D eigenvalue weighted by molar-refractivity contribution is 6.03. The number of pyridine rings is 1. The first-order valence-electron chi connectivity index (χ1n) is 8.21. The number of hydrogen-bond donors (Lipinski definition) is 2. The van der Waals surface area contributed by atoms with Crippen LogP contribution in [0.3, 0.4) is 0 Å². The molecular weight excluding hydrogens is 302 g/mol. The highest BCUT2D eigenvalue weighted by Crippen LogP contribution is 2.18. The quantitative estimate of drug-likeness (QED) is 0.778. The lowest BCUT2D eigenvalue weighted by molar-refractivity contribution is 0.102. The van der Waals surface area contributed by atoms with E-state index in [1.54, 1.807) is 12.3 Å². The monoisotopic (exact) mass is 321 g/mol. The first-order chi connectivity index (χ1) is 11.8. The van der Waals surface area contributed by atoms with Crippen molar-refractivity contribution in [2.75, 3.05) is 18.4 Å². The summed E-state index contributed by atoms with van der Waals surface area (Å²) in [6.07, 6.45) is 5.77. The molecule has 24 heavy (non-hydrogen) atoms. The Kier molecular flexibility index (Phi) is 3.96. The number of piperidine rings is 1. The second kappa shape index (κ2) is 6.41. The summed E-state index contributed by atoms with van der Waals surface area (Å²) in [6, 6.07) is 11.8. The Labute approximate surface area is 139 Å². The third-order valence-electron chi connectivity index (χ3n) is 4.33. The number of amides is 1. The predicted molar refractivity (Wildman–Crippen MR) is 93.1 cm³/mol. The summed E-state index contributed by atoms with van der Waals surface area (Å²) >= 11 is 0. The minimum absolute atomic E-state index is 0.213. The second-order valence-corrected chi connectivity index (χ2v) is 6.05. The van der Waals surface area contributed by atoms with Gasteiger partial charge in [0.2, 0.25) is 0 Å². The number of carbonyl (C=O) groups excluding carboxylic acids is 1. The molecule has 0 saturated carbocycles. The van der Waals surface area contributed by atoms with Gasteiger partial charge in [-0.3, -0.25) is 14.5 Å². The van der Waals surface area contributed by atoms with Crippen LogP contribution in [-0.2, 0) is 0 Å². The van der Waals surface area contributed by atoms with Gasteiger partial charge in [0, 0.05) is 18.1 Å². The van der Waals surface area contributed by atoms with Crippen LogP contribution in [-0.4, -0.2) is 33.8 Å². The zero-order chi connectivity index (χ0) is 16.4. The zero-order valence-corrected chi connectivity index (χ0v) is 13.3. The molecule has 1 saturated heterocycles. The van der Waals surface area contributed by atoms with Gasteiger partial charge in [0.05, 0.1) is 23.4 Å². The third kappa shape index (κ3) is 3.00. The van der Waals surface area contributed by atoms with Crippen LogP contribution in [0.4, 0.5) is 5.69 Å². The van der Waals surface area contributed by atoms with Gasteiger partial charge in [0.25, 0.3) is 5.91 Å². The number of fused-ring (bicyclic) bond motifs is 1. The average molecular weight is 321 g/mol. The van der Waals surface area contributed by atoms with Crippen LogP contribution in [0.1, 0.15) is 29.4 Å². The predicted octanol–water partition coefficient (Wildman–Crippen LogP) is 2.61.